The van der Waals surface area contributed by atoms with Gasteiger partial charge in [0.05, 0.1) is 26.4 Å². The summed E-state index contributed by atoms with van der Waals surface area (Å²) in [5.74, 6) is 0.498. The van der Waals surface area contributed by atoms with Crippen LogP contribution in [-0.2, 0) is 27.2 Å². The van der Waals surface area contributed by atoms with Crippen LogP contribution < -0.4 is 11.1 Å². The molecule has 0 amide bonds. The van der Waals surface area contributed by atoms with Crippen LogP contribution in [0.5, 0.6) is 0 Å². The summed E-state index contributed by atoms with van der Waals surface area (Å²) in [5.41, 5.74) is 4.29. The van der Waals surface area contributed by atoms with Crippen LogP contribution >= 0.6 is 15.2 Å². The van der Waals surface area contributed by atoms with Gasteiger partial charge in [0.15, 0.2) is 0 Å². The molecule has 0 radical (unpaired) electrons. The molecule has 0 bridgehead atoms. The number of hydrogen-bond acceptors (Lipinski definition) is 9. The van der Waals surface area contributed by atoms with Gasteiger partial charge in [-0.2, -0.15) is 0 Å². The minimum atomic E-state index is -3.90. The number of nitrogens with one attached hydrogen (secondary N) is 1. The topological polar surface area (TPSA) is 122 Å². The van der Waals surface area contributed by atoms with E-state index in [2.05, 4.69) is 10.3 Å². The fourth-order valence-corrected chi connectivity index (χ4v) is 6.99. The van der Waals surface area contributed by atoms with Crippen molar-refractivity contribution in [2.45, 2.75) is 33.2 Å². The summed E-state index contributed by atoms with van der Waals surface area (Å²) in [6, 6.07) is 4.84. The van der Waals surface area contributed by atoms with Crippen LogP contribution in [0.25, 0.3) is 0 Å². The molecule has 11 heteroatoms. The molecular formula is C14H27N3O6P2. The van der Waals surface area contributed by atoms with Crippen LogP contribution in [-0.4, -0.2) is 36.9 Å². The van der Waals surface area contributed by atoms with Crippen molar-refractivity contribution < 1.29 is 27.2 Å². The Morgan fingerprint density at radius 1 is 0.960 bits per heavy atom. The van der Waals surface area contributed by atoms with Crippen molar-refractivity contribution >= 4 is 26.8 Å². The van der Waals surface area contributed by atoms with Crippen LogP contribution in [0.1, 0.15) is 27.7 Å². The summed E-state index contributed by atoms with van der Waals surface area (Å²) in [6.45, 7) is 7.02. The lowest BCUT2D eigenvalue weighted by Gasteiger charge is -2.31. The minimum absolute atomic E-state index is 0.0953. The zero-order valence-corrected chi connectivity index (χ0v) is 16.8. The Labute approximate surface area is 148 Å². The molecule has 0 saturated carbocycles. The quantitative estimate of drug-likeness (QED) is 0.507. The van der Waals surface area contributed by atoms with E-state index in [1.807, 2.05) is 0 Å². The molecule has 0 saturated heterocycles. The third-order valence-electron chi connectivity index (χ3n) is 2.88. The highest BCUT2D eigenvalue weighted by atomic mass is 31.2. The number of aromatic nitrogens is 1. The maximum atomic E-state index is 13.3. The van der Waals surface area contributed by atoms with E-state index in [4.69, 9.17) is 23.8 Å². The molecule has 1 heterocycles. The molecule has 0 aliphatic rings. The average Bonchev–Trinajstić information content (AvgIpc) is 2.53. The van der Waals surface area contributed by atoms with Gasteiger partial charge < -0.3 is 29.1 Å². The first-order chi connectivity index (χ1) is 11.8. The van der Waals surface area contributed by atoms with E-state index in [9.17, 15) is 9.13 Å². The van der Waals surface area contributed by atoms with Crippen molar-refractivity contribution in [3.05, 3.63) is 18.2 Å². The highest BCUT2D eigenvalue weighted by Crippen LogP contribution is 2.70. The smallest absolute Gasteiger partial charge is 0.365 e. The predicted octanol–water partition coefficient (Wildman–Crippen LogP) is 3.89. The molecule has 0 aromatic carbocycles. The Morgan fingerprint density at radius 2 is 1.40 bits per heavy atom. The van der Waals surface area contributed by atoms with Crippen molar-refractivity contribution in [2.24, 2.45) is 0 Å². The first kappa shape index (κ1) is 22.1. The third-order valence-corrected chi connectivity index (χ3v) is 8.51. The summed E-state index contributed by atoms with van der Waals surface area (Å²) >= 11 is 0. The van der Waals surface area contributed by atoms with Crippen LogP contribution in [0.15, 0.2) is 18.2 Å². The fourth-order valence-electron chi connectivity index (χ4n) is 2.07. The van der Waals surface area contributed by atoms with Gasteiger partial charge in [0.1, 0.15) is 11.6 Å². The molecule has 1 aromatic rings. The number of pyridine rings is 1. The molecular weight excluding hydrogens is 368 g/mol. The molecule has 0 unspecified atom stereocenters. The van der Waals surface area contributed by atoms with Gasteiger partial charge >= 0.3 is 15.2 Å². The second-order valence-corrected chi connectivity index (χ2v) is 9.35. The highest BCUT2D eigenvalue weighted by molar-refractivity contribution is 7.72. The predicted molar refractivity (Wildman–Crippen MR) is 97.8 cm³/mol. The lowest BCUT2D eigenvalue weighted by Crippen LogP contribution is -2.26. The summed E-state index contributed by atoms with van der Waals surface area (Å²) < 4.78 is 48.0. The third kappa shape index (κ3) is 6.06. The van der Waals surface area contributed by atoms with E-state index in [1.165, 1.54) is 0 Å². The summed E-state index contributed by atoms with van der Waals surface area (Å²) in [7, 11) is -7.79. The number of rotatable bonds is 12. The standard InChI is InChI=1S/C14H27N3O6P2/c1-5-20-24(18,21-6-2)14(25(19,22-7-3)23-8-4)17-13-11-9-10-12(15)16-13/h9-11,14H,5-8H2,1-4H3,(H3,15,16,17). The van der Waals surface area contributed by atoms with Crippen molar-refractivity contribution in [1.82, 2.24) is 4.98 Å². The molecule has 25 heavy (non-hydrogen) atoms. The largest absolute Gasteiger partial charge is 0.384 e. The Morgan fingerprint density at radius 3 is 1.76 bits per heavy atom. The highest BCUT2D eigenvalue weighted by Gasteiger charge is 2.51. The fraction of sp³-hybridized carbons (Fsp3) is 0.643. The molecule has 1 aromatic heterocycles. The summed E-state index contributed by atoms with van der Waals surface area (Å²) in [4.78, 5) is 4.08. The van der Waals surface area contributed by atoms with Crippen LogP contribution in [0, 0.1) is 0 Å². The second kappa shape index (κ2) is 10.3. The van der Waals surface area contributed by atoms with Crippen LogP contribution in [0.3, 0.4) is 0 Å². The van der Waals surface area contributed by atoms with Gasteiger partial charge in [0, 0.05) is 0 Å². The summed E-state index contributed by atoms with van der Waals surface area (Å²) in [6.07, 6.45) is 0. The van der Waals surface area contributed by atoms with E-state index in [0.29, 0.717) is 0 Å². The molecule has 0 fully saturated rings. The van der Waals surface area contributed by atoms with Crippen molar-refractivity contribution in [3.63, 3.8) is 0 Å². The molecule has 0 aliphatic carbocycles. The number of nitrogens with zero attached hydrogens (tertiary/aromatic N) is 1. The minimum Gasteiger partial charge on any atom is -0.384 e. The van der Waals surface area contributed by atoms with Crippen LogP contribution in [0.2, 0.25) is 0 Å². The van der Waals surface area contributed by atoms with Gasteiger partial charge in [-0.15, -0.1) is 0 Å². The van der Waals surface area contributed by atoms with Crippen molar-refractivity contribution in [1.29, 1.82) is 0 Å². The maximum absolute atomic E-state index is 13.3. The zero-order chi connectivity index (χ0) is 18.9. The van der Waals surface area contributed by atoms with Gasteiger partial charge in [-0.3, -0.25) is 9.13 Å². The van der Waals surface area contributed by atoms with E-state index in [-0.39, 0.29) is 38.1 Å². The van der Waals surface area contributed by atoms with E-state index >= 15 is 0 Å². The Balaban J connectivity index is 3.37. The lowest BCUT2D eigenvalue weighted by atomic mass is 10.4. The van der Waals surface area contributed by atoms with E-state index < -0.39 is 20.7 Å². The van der Waals surface area contributed by atoms with Crippen molar-refractivity contribution in [3.8, 4) is 0 Å². The van der Waals surface area contributed by atoms with Crippen molar-refractivity contribution in [2.75, 3.05) is 37.5 Å². The second-order valence-electron chi connectivity index (χ2n) is 4.72. The molecule has 9 nitrogen and oxygen atoms in total. The summed E-state index contributed by atoms with van der Waals surface area (Å²) in [5, 5.41) is 2.82. The van der Waals surface area contributed by atoms with E-state index in [0.717, 1.165) is 0 Å². The normalized spacial score (nSPS) is 12.5. The number of nitrogens with two attached hydrogens (primary N) is 1. The van der Waals surface area contributed by atoms with Gasteiger partial charge in [-0.1, -0.05) is 6.07 Å². The number of nitrogen functional groups attached to an aromatic ring is 1. The maximum Gasteiger partial charge on any atom is 0.365 e. The number of anilines is 2. The Hall–Kier alpha value is -0.950. The first-order valence-electron chi connectivity index (χ1n) is 8.11. The molecule has 0 atom stereocenters. The average molecular weight is 395 g/mol. The number of hydrogen-bond donors (Lipinski definition) is 2. The molecule has 0 aliphatic heterocycles. The van der Waals surface area contributed by atoms with Gasteiger partial charge in [-0.05, 0) is 39.8 Å². The SMILES string of the molecule is CCOP(=O)(OCC)C(Nc1cccc(N)n1)P(=O)(OCC)OCC. The Kier molecular flexibility index (Phi) is 9.07. The van der Waals surface area contributed by atoms with Crippen LogP contribution in [0.4, 0.5) is 11.6 Å². The molecule has 144 valence electrons. The zero-order valence-electron chi connectivity index (χ0n) is 15.0. The molecule has 1 rings (SSSR count). The van der Waals surface area contributed by atoms with Gasteiger partial charge in [0.2, 0.25) is 5.52 Å². The molecule has 0 spiro atoms. The first-order valence-corrected chi connectivity index (χ1v) is 11.3. The molecule has 3 N–H and O–H groups in total. The van der Waals surface area contributed by atoms with E-state index in [1.54, 1.807) is 45.9 Å². The van der Waals surface area contributed by atoms with Gasteiger partial charge in [0.25, 0.3) is 0 Å². The Bertz CT molecular complexity index is 580. The monoisotopic (exact) mass is 395 g/mol. The van der Waals surface area contributed by atoms with Gasteiger partial charge in [-0.25, -0.2) is 4.98 Å². The lowest BCUT2D eigenvalue weighted by molar-refractivity contribution is 0.198.